The summed E-state index contributed by atoms with van der Waals surface area (Å²) >= 11 is 0. The number of halogens is 1. The van der Waals surface area contributed by atoms with Crippen molar-refractivity contribution in [1.29, 1.82) is 0 Å². The Morgan fingerprint density at radius 1 is 1.12 bits per heavy atom. The summed E-state index contributed by atoms with van der Waals surface area (Å²) in [5.74, 6) is -0.580. The molecule has 9 nitrogen and oxygen atoms in total. The van der Waals surface area contributed by atoms with Crippen LogP contribution in [0, 0.1) is 10.7 Å². The fraction of sp³-hybridized carbons (Fsp3) is 0.364. The molecular weight excluding hydrogens is 411 g/mol. The quantitative estimate of drug-likeness (QED) is 0.555. The Morgan fingerprint density at radius 3 is 2.62 bits per heavy atom. The van der Waals surface area contributed by atoms with E-state index in [1.807, 2.05) is 0 Å². The standard InChI is InChI=1S/C22H25FN8O/c1-2-9-31-10-6-13(7-11-31)17-12-18(29-22(25)28-17)20-16(30-32)4-3-15(27-20)14-5-8-26-21(24)19(14)23/h3-5,8,12-13H,2,6-7,9-11H2,1H3,(H2,24,26)(H2,25,28,29). The van der Waals surface area contributed by atoms with Crippen LogP contribution in [-0.2, 0) is 0 Å². The van der Waals surface area contributed by atoms with Gasteiger partial charge in [-0.25, -0.2) is 24.3 Å². The van der Waals surface area contributed by atoms with Gasteiger partial charge in [0.2, 0.25) is 5.95 Å². The molecule has 0 bridgehead atoms. The van der Waals surface area contributed by atoms with E-state index in [1.165, 1.54) is 24.4 Å². The van der Waals surface area contributed by atoms with Gasteiger partial charge >= 0.3 is 0 Å². The number of nitrogen functional groups attached to an aromatic ring is 2. The highest BCUT2D eigenvalue weighted by Crippen LogP contribution is 2.34. The van der Waals surface area contributed by atoms with Crippen molar-refractivity contribution in [2.24, 2.45) is 5.18 Å². The molecule has 32 heavy (non-hydrogen) atoms. The van der Waals surface area contributed by atoms with Crippen molar-refractivity contribution in [2.75, 3.05) is 31.1 Å². The summed E-state index contributed by atoms with van der Waals surface area (Å²) in [6.45, 7) is 5.26. The highest BCUT2D eigenvalue weighted by atomic mass is 19.1. The lowest BCUT2D eigenvalue weighted by Gasteiger charge is -2.31. The Bertz CT molecular complexity index is 1130. The molecular formula is C22H25FN8O. The first-order valence-corrected chi connectivity index (χ1v) is 10.6. The van der Waals surface area contributed by atoms with Crippen molar-refractivity contribution in [2.45, 2.75) is 32.1 Å². The topological polar surface area (TPSA) is 136 Å². The van der Waals surface area contributed by atoms with Crippen LogP contribution in [0.1, 0.15) is 37.8 Å². The fourth-order valence-electron chi connectivity index (χ4n) is 4.11. The summed E-state index contributed by atoms with van der Waals surface area (Å²) < 4.78 is 14.5. The second-order valence-corrected chi connectivity index (χ2v) is 7.87. The van der Waals surface area contributed by atoms with Gasteiger partial charge in [-0.1, -0.05) is 6.92 Å². The minimum Gasteiger partial charge on any atom is -0.381 e. The van der Waals surface area contributed by atoms with Gasteiger partial charge in [0.25, 0.3) is 0 Å². The average Bonchev–Trinajstić information content (AvgIpc) is 2.81. The third-order valence-electron chi connectivity index (χ3n) is 5.72. The molecule has 1 fully saturated rings. The number of anilines is 2. The van der Waals surface area contributed by atoms with E-state index < -0.39 is 5.82 Å². The molecule has 1 saturated heterocycles. The lowest BCUT2D eigenvalue weighted by atomic mass is 9.92. The van der Waals surface area contributed by atoms with Gasteiger partial charge < -0.3 is 16.4 Å². The van der Waals surface area contributed by atoms with Crippen LogP contribution in [0.25, 0.3) is 22.6 Å². The summed E-state index contributed by atoms with van der Waals surface area (Å²) in [5.41, 5.74) is 13.5. The van der Waals surface area contributed by atoms with Crippen molar-refractivity contribution in [3.63, 3.8) is 0 Å². The third kappa shape index (κ3) is 4.40. The molecule has 0 unspecified atom stereocenters. The SMILES string of the molecule is CCCN1CCC(c2cc(-c3nc(-c4ccnc(N)c4F)ccc3N=O)nc(N)n2)CC1. The summed E-state index contributed by atoms with van der Waals surface area (Å²) in [7, 11) is 0. The van der Waals surface area contributed by atoms with Crippen molar-refractivity contribution >= 4 is 17.5 Å². The highest BCUT2D eigenvalue weighted by Gasteiger charge is 2.23. The number of hydrogen-bond donors (Lipinski definition) is 2. The molecule has 10 heteroatoms. The molecule has 0 saturated carbocycles. The first-order valence-electron chi connectivity index (χ1n) is 10.6. The number of pyridine rings is 2. The van der Waals surface area contributed by atoms with Crippen LogP contribution >= 0.6 is 0 Å². The molecule has 0 amide bonds. The van der Waals surface area contributed by atoms with Gasteiger partial charge in [-0.15, -0.1) is 4.91 Å². The maximum Gasteiger partial charge on any atom is 0.220 e. The predicted octanol–water partition coefficient (Wildman–Crippen LogP) is 3.89. The molecule has 3 aromatic heterocycles. The molecule has 0 spiro atoms. The molecule has 4 heterocycles. The molecule has 0 aromatic carbocycles. The Kier molecular flexibility index (Phi) is 6.31. The molecule has 4 N–H and O–H groups in total. The maximum absolute atomic E-state index is 14.5. The summed E-state index contributed by atoms with van der Waals surface area (Å²) in [6, 6.07) is 6.25. The first-order chi connectivity index (χ1) is 15.5. The predicted molar refractivity (Wildman–Crippen MR) is 121 cm³/mol. The molecule has 0 aliphatic carbocycles. The third-order valence-corrected chi connectivity index (χ3v) is 5.72. The molecule has 1 aliphatic rings. The number of rotatable bonds is 6. The molecule has 0 atom stereocenters. The zero-order chi connectivity index (χ0) is 22.7. The van der Waals surface area contributed by atoms with E-state index in [2.05, 4.69) is 36.9 Å². The van der Waals surface area contributed by atoms with Gasteiger partial charge in [-0.3, -0.25) is 0 Å². The Labute approximate surface area is 185 Å². The minimum atomic E-state index is -0.681. The number of likely N-dealkylation sites (tertiary alicyclic amines) is 1. The van der Waals surface area contributed by atoms with Crippen molar-refractivity contribution in [1.82, 2.24) is 24.8 Å². The van der Waals surface area contributed by atoms with Gasteiger partial charge in [0, 0.05) is 23.4 Å². The maximum atomic E-state index is 14.5. The first kappa shape index (κ1) is 21.7. The fourth-order valence-corrected chi connectivity index (χ4v) is 4.11. The van der Waals surface area contributed by atoms with E-state index in [9.17, 15) is 9.30 Å². The number of aromatic nitrogens is 4. The Balaban J connectivity index is 1.72. The van der Waals surface area contributed by atoms with Gasteiger partial charge in [0.15, 0.2) is 11.6 Å². The normalized spacial score (nSPS) is 15.1. The number of nitroso groups, excluding NO2 is 1. The zero-order valence-corrected chi connectivity index (χ0v) is 17.8. The van der Waals surface area contributed by atoms with E-state index in [0.717, 1.165) is 44.6 Å². The highest BCUT2D eigenvalue weighted by molar-refractivity contribution is 5.75. The van der Waals surface area contributed by atoms with Crippen molar-refractivity contribution < 1.29 is 4.39 Å². The second-order valence-electron chi connectivity index (χ2n) is 7.87. The van der Waals surface area contributed by atoms with Crippen LogP contribution in [-0.4, -0.2) is 44.5 Å². The molecule has 166 valence electrons. The smallest absolute Gasteiger partial charge is 0.220 e. The number of nitrogens with zero attached hydrogens (tertiary/aromatic N) is 6. The van der Waals surface area contributed by atoms with Crippen LogP contribution in [0.5, 0.6) is 0 Å². The molecule has 1 aliphatic heterocycles. The lowest BCUT2D eigenvalue weighted by molar-refractivity contribution is 0.211. The van der Waals surface area contributed by atoms with Crippen LogP contribution in [0.2, 0.25) is 0 Å². The van der Waals surface area contributed by atoms with E-state index in [0.29, 0.717) is 5.69 Å². The van der Waals surface area contributed by atoms with E-state index in [1.54, 1.807) is 6.07 Å². The van der Waals surface area contributed by atoms with E-state index in [4.69, 9.17) is 11.5 Å². The summed E-state index contributed by atoms with van der Waals surface area (Å²) in [6.07, 6.45) is 4.45. The molecule has 3 aromatic rings. The summed E-state index contributed by atoms with van der Waals surface area (Å²) in [5, 5.41) is 3.07. The van der Waals surface area contributed by atoms with Crippen LogP contribution in [0.4, 0.5) is 21.8 Å². The van der Waals surface area contributed by atoms with Gasteiger partial charge in [0.05, 0.1) is 11.4 Å². The number of nitrogens with two attached hydrogens (primary N) is 2. The van der Waals surface area contributed by atoms with Gasteiger partial charge in [0.1, 0.15) is 11.4 Å². The molecule has 4 rings (SSSR count). The van der Waals surface area contributed by atoms with E-state index in [-0.39, 0.29) is 40.3 Å². The Morgan fingerprint density at radius 2 is 1.91 bits per heavy atom. The van der Waals surface area contributed by atoms with Gasteiger partial charge in [-0.2, -0.15) is 0 Å². The number of hydrogen-bond acceptors (Lipinski definition) is 9. The van der Waals surface area contributed by atoms with Crippen LogP contribution in [0.15, 0.2) is 35.6 Å². The molecule has 0 radical (unpaired) electrons. The van der Waals surface area contributed by atoms with E-state index >= 15 is 0 Å². The Hall–Kier alpha value is -3.53. The summed E-state index contributed by atoms with van der Waals surface area (Å²) in [4.78, 5) is 30.9. The van der Waals surface area contributed by atoms with Crippen LogP contribution < -0.4 is 11.5 Å². The zero-order valence-electron chi connectivity index (χ0n) is 17.8. The number of piperidine rings is 1. The average molecular weight is 436 g/mol. The van der Waals surface area contributed by atoms with Gasteiger partial charge in [-0.05, 0) is 68.3 Å². The van der Waals surface area contributed by atoms with Crippen molar-refractivity contribution in [3.8, 4) is 22.6 Å². The minimum absolute atomic E-state index is 0.0815. The monoisotopic (exact) mass is 436 g/mol. The largest absolute Gasteiger partial charge is 0.381 e. The van der Waals surface area contributed by atoms with Crippen LogP contribution in [0.3, 0.4) is 0 Å². The van der Waals surface area contributed by atoms with Crippen molar-refractivity contribution in [3.05, 3.63) is 46.9 Å². The lowest BCUT2D eigenvalue weighted by Crippen LogP contribution is -2.33. The second kappa shape index (κ2) is 9.31.